The van der Waals surface area contributed by atoms with Crippen molar-refractivity contribution >= 4 is 21.4 Å². The van der Waals surface area contributed by atoms with Gasteiger partial charge in [-0.2, -0.15) is 4.31 Å². The van der Waals surface area contributed by atoms with E-state index in [1.165, 1.54) is 15.6 Å². The minimum atomic E-state index is -3.45. The Morgan fingerprint density at radius 2 is 2.22 bits per heavy atom. The molecule has 0 amide bonds. The number of sulfonamides is 1. The van der Waals surface area contributed by atoms with Crippen molar-refractivity contribution in [3.63, 3.8) is 0 Å². The summed E-state index contributed by atoms with van der Waals surface area (Å²) in [5.74, 6) is 2.39. The Morgan fingerprint density at radius 1 is 1.50 bits per heavy atom. The molecule has 0 saturated carbocycles. The third-order valence-electron chi connectivity index (χ3n) is 2.36. The van der Waals surface area contributed by atoms with Crippen LogP contribution < -0.4 is 5.73 Å². The van der Waals surface area contributed by atoms with Crippen LogP contribution in [0.5, 0.6) is 0 Å². The normalized spacial score (nSPS) is 11.7. The molecule has 1 aromatic rings. The average molecular weight is 286 g/mol. The van der Waals surface area contributed by atoms with Crippen molar-refractivity contribution in [1.82, 2.24) is 4.31 Å². The van der Waals surface area contributed by atoms with E-state index in [0.29, 0.717) is 23.7 Å². The van der Waals surface area contributed by atoms with Crippen molar-refractivity contribution in [2.24, 2.45) is 5.73 Å². The van der Waals surface area contributed by atoms with Crippen LogP contribution in [0, 0.1) is 12.3 Å². The molecule has 0 spiro atoms. The molecule has 6 heteroatoms. The van der Waals surface area contributed by atoms with E-state index in [2.05, 4.69) is 5.92 Å². The molecule has 1 rings (SSSR count). The van der Waals surface area contributed by atoms with Crippen molar-refractivity contribution in [2.75, 3.05) is 19.6 Å². The van der Waals surface area contributed by atoms with Gasteiger partial charge in [0.1, 0.15) is 4.21 Å². The van der Waals surface area contributed by atoms with Crippen LogP contribution >= 0.6 is 11.3 Å². The number of nitrogens with zero attached hydrogens (tertiary/aromatic N) is 1. The Bertz CT molecular complexity index is 514. The van der Waals surface area contributed by atoms with Gasteiger partial charge in [-0.25, -0.2) is 8.42 Å². The van der Waals surface area contributed by atoms with Gasteiger partial charge < -0.3 is 5.73 Å². The third kappa shape index (κ3) is 3.56. The van der Waals surface area contributed by atoms with Crippen molar-refractivity contribution in [3.8, 4) is 12.3 Å². The summed E-state index contributed by atoms with van der Waals surface area (Å²) < 4.78 is 26.4. The van der Waals surface area contributed by atoms with Gasteiger partial charge in [0.05, 0.1) is 6.54 Å². The quantitative estimate of drug-likeness (QED) is 0.768. The van der Waals surface area contributed by atoms with E-state index in [4.69, 9.17) is 12.2 Å². The summed E-state index contributed by atoms with van der Waals surface area (Å²) in [4.78, 5) is 0.980. The maximum absolute atomic E-state index is 12.3. The molecule has 1 heterocycles. The van der Waals surface area contributed by atoms with Gasteiger partial charge in [-0.05, 0) is 31.5 Å². The Morgan fingerprint density at radius 3 is 2.78 bits per heavy atom. The van der Waals surface area contributed by atoms with E-state index in [0.717, 1.165) is 11.3 Å². The first-order chi connectivity index (χ1) is 8.56. The summed E-state index contributed by atoms with van der Waals surface area (Å²) in [5.41, 5.74) is 5.45. The van der Waals surface area contributed by atoms with Crippen LogP contribution in [0.4, 0.5) is 0 Å². The summed E-state index contributed by atoms with van der Waals surface area (Å²) in [7, 11) is -3.45. The predicted molar refractivity (Wildman–Crippen MR) is 75.0 cm³/mol. The minimum Gasteiger partial charge on any atom is -0.330 e. The molecule has 0 aromatic carbocycles. The molecular weight excluding hydrogens is 268 g/mol. The number of hydrogen-bond acceptors (Lipinski definition) is 4. The molecule has 0 bridgehead atoms. The zero-order valence-electron chi connectivity index (χ0n) is 10.4. The van der Waals surface area contributed by atoms with Crippen LogP contribution in [-0.2, 0) is 16.4 Å². The molecule has 2 N–H and O–H groups in total. The molecule has 0 aliphatic heterocycles. The lowest BCUT2D eigenvalue weighted by Crippen LogP contribution is -2.31. The fourth-order valence-electron chi connectivity index (χ4n) is 1.54. The van der Waals surface area contributed by atoms with Gasteiger partial charge in [0.15, 0.2) is 0 Å². The number of rotatable bonds is 7. The first kappa shape index (κ1) is 15.2. The van der Waals surface area contributed by atoms with E-state index in [1.807, 2.05) is 13.0 Å². The fraction of sp³-hybridized carbons (Fsp3) is 0.500. The summed E-state index contributed by atoms with van der Waals surface area (Å²) in [6.07, 6.45) is 6.65. The topological polar surface area (TPSA) is 63.4 Å². The standard InChI is InChI=1S/C12H18N2O2S2/c1-3-9-14(10-4-2)18(15,16)12-6-5-11(17-12)7-8-13/h1,5-6H,4,7-10,13H2,2H3. The SMILES string of the molecule is C#CCN(CCC)S(=O)(=O)c1ccc(CCN)s1. The molecule has 0 fully saturated rings. The largest absolute Gasteiger partial charge is 0.330 e. The van der Waals surface area contributed by atoms with Crippen molar-refractivity contribution in [3.05, 3.63) is 17.0 Å². The zero-order chi connectivity index (χ0) is 13.6. The molecule has 4 nitrogen and oxygen atoms in total. The lowest BCUT2D eigenvalue weighted by molar-refractivity contribution is 0.447. The number of hydrogen-bond donors (Lipinski definition) is 1. The smallest absolute Gasteiger partial charge is 0.253 e. The van der Waals surface area contributed by atoms with Crippen LogP contribution in [-0.4, -0.2) is 32.4 Å². The van der Waals surface area contributed by atoms with E-state index in [-0.39, 0.29) is 6.54 Å². The van der Waals surface area contributed by atoms with Crippen LogP contribution in [0.2, 0.25) is 0 Å². The van der Waals surface area contributed by atoms with Crippen LogP contribution in [0.3, 0.4) is 0 Å². The molecule has 100 valence electrons. The first-order valence-corrected chi connectivity index (χ1v) is 8.04. The maximum Gasteiger partial charge on any atom is 0.253 e. The molecule has 18 heavy (non-hydrogen) atoms. The van der Waals surface area contributed by atoms with Gasteiger partial charge in [-0.1, -0.05) is 12.8 Å². The monoisotopic (exact) mass is 286 g/mol. The second kappa shape index (κ2) is 6.90. The van der Waals surface area contributed by atoms with E-state index < -0.39 is 10.0 Å². The van der Waals surface area contributed by atoms with Crippen molar-refractivity contribution in [1.29, 1.82) is 0 Å². The third-order valence-corrected chi connectivity index (χ3v) is 5.82. The maximum atomic E-state index is 12.3. The molecular formula is C12H18N2O2S2. The fourth-order valence-corrected chi connectivity index (χ4v) is 4.51. The highest BCUT2D eigenvalue weighted by molar-refractivity contribution is 7.91. The van der Waals surface area contributed by atoms with Gasteiger partial charge in [0.2, 0.25) is 0 Å². The highest BCUT2D eigenvalue weighted by Gasteiger charge is 2.24. The molecule has 0 aliphatic carbocycles. The number of terminal acetylenes is 1. The molecule has 1 aromatic heterocycles. The van der Waals surface area contributed by atoms with Gasteiger partial charge in [-0.3, -0.25) is 0 Å². The number of thiophene rings is 1. The molecule has 0 unspecified atom stereocenters. The van der Waals surface area contributed by atoms with Crippen LogP contribution in [0.15, 0.2) is 16.3 Å². The summed E-state index contributed by atoms with van der Waals surface area (Å²) in [6.45, 7) is 2.99. The lowest BCUT2D eigenvalue weighted by Gasteiger charge is -2.17. The van der Waals surface area contributed by atoms with E-state index >= 15 is 0 Å². The van der Waals surface area contributed by atoms with Crippen LogP contribution in [0.25, 0.3) is 0 Å². The Labute approximate surface area is 113 Å². The second-order valence-electron chi connectivity index (χ2n) is 3.80. The number of nitrogens with two attached hydrogens (primary N) is 1. The highest BCUT2D eigenvalue weighted by atomic mass is 32.2. The highest BCUT2D eigenvalue weighted by Crippen LogP contribution is 2.25. The van der Waals surface area contributed by atoms with E-state index in [1.54, 1.807) is 6.07 Å². The van der Waals surface area contributed by atoms with E-state index in [9.17, 15) is 8.42 Å². The summed E-state index contributed by atoms with van der Waals surface area (Å²) in [5, 5.41) is 0. The predicted octanol–water partition coefficient (Wildman–Crippen LogP) is 1.28. The van der Waals surface area contributed by atoms with Gasteiger partial charge in [0, 0.05) is 11.4 Å². The van der Waals surface area contributed by atoms with Crippen molar-refractivity contribution in [2.45, 2.75) is 24.0 Å². The van der Waals surface area contributed by atoms with Gasteiger partial charge in [-0.15, -0.1) is 17.8 Å². The van der Waals surface area contributed by atoms with Gasteiger partial charge in [0.25, 0.3) is 10.0 Å². The Kier molecular flexibility index (Phi) is 5.82. The Hall–Kier alpha value is -0.870. The Balaban J connectivity index is 2.98. The molecule has 0 radical (unpaired) electrons. The average Bonchev–Trinajstić information content (AvgIpc) is 2.78. The lowest BCUT2D eigenvalue weighted by atomic mass is 10.3. The van der Waals surface area contributed by atoms with Crippen LogP contribution in [0.1, 0.15) is 18.2 Å². The van der Waals surface area contributed by atoms with Crippen molar-refractivity contribution < 1.29 is 8.42 Å². The molecule has 0 aliphatic rings. The first-order valence-electron chi connectivity index (χ1n) is 5.78. The minimum absolute atomic E-state index is 0.111. The van der Waals surface area contributed by atoms with Gasteiger partial charge >= 0.3 is 0 Å². The summed E-state index contributed by atoms with van der Waals surface area (Å²) in [6, 6.07) is 3.44. The second-order valence-corrected chi connectivity index (χ2v) is 7.14. The molecule has 0 atom stereocenters. The zero-order valence-corrected chi connectivity index (χ0v) is 12.1. The summed E-state index contributed by atoms with van der Waals surface area (Å²) >= 11 is 1.27. The molecule has 0 saturated heterocycles.